The number of anilines is 1. The molecule has 0 radical (unpaired) electrons. The Morgan fingerprint density at radius 2 is 2.44 bits per heavy atom. The van der Waals surface area contributed by atoms with Crippen molar-refractivity contribution in [2.75, 3.05) is 25.7 Å². The van der Waals surface area contributed by atoms with Crippen LogP contribution >= 0.6 is 0 Å². The van der Waals surface area contributed by atoms with Crippen LogP contribution in [0.2, 0.25) is 0 Å². The van der Waals surface area contributed by atoms with E-state index in [1.54, 1.807) is 24.2 Å². The maximum absolute atomic E-state index is 12.4. The minimum absolute atomic E-state index is 0.0917. The number of ether oxygens (including phenoxy) is 1. The molecule has 1 fully saturated rings. The highest BCUT2D eigenvalue weighted by atomic mass is 16.5. The molecule has 1 saturated heterocycles. The number of nitrogens with one attached hydrogen (secondary N) is 1. The van der Waals surface area contributed by atoms with Crippen LogP contribution in [0.1, 0.15) is 22.5 Å². The zero-order valence-electron chi connectivity index (χ0n) is 10.6. The summed E-state index contributed by atoms with van der Waals surface area (Å²) in [6.07, 6.45) is 2.42. The lowest BCUT2D eigenvalue weighted by Gasteiger charge is -2.24. The highest BCUT2D eigenvalue weighted by molar-refractivity contribution is 5.99. The Kier molecular flexibility index (Phi) is 3.78. The molecule has 6 heteroatoms. The third kappa shape index (κ3) is 2.44. The van der Waals surface area contributed by atoms with Gasteiger partial charge in [0.2, 0.25) is 0 Å². The molecule has 1 aliphatic rings. The molecule has 2 heterocycles. The molecule has 1 atom stereocenters. The Balaban J connectivity index is 2.22. The summed E-state index contributed by atoms with van der Waals surface area (Å²) in [6.45, 7) is 3.15. The van der Waals surface area contributed by atoms with E-state index in [1.165, 1.54) is 0 Å². The van der Waals surface area contributed by atoms with Crippen LogP contribution in [0, 0.1) is 6.92 Å². The largest absolute Gasteiger partial charge is 0.379 e. The first-order valence-electron chi connectivity index (χ1n) is 5.91. The zero-order valence-corrected chi connectivity index (χ0v) is 10.6. The molecular weight excluding hydrogens is 232 g/mol. The van der Waals surface area contributed by atoms with Gasteiger partial charge in [0.25, 0.3) is 5.91 Å². The van der Waals surface area contributed by atoms with Gasteiger partial charge in [0.15, 0.2) is 0 Å². The predicted octanol–water partition coefficient (Wildman–Crippen LogP) is 0.537. The number of rotatable bonds is 3. The van der Waals surface area contributed by atoms with Crippen LogP contribution in [-0.2, 0) is 4.74 Å². The number of pyridine rings is 1. The summed E-state index contributed by atoms with van der Waals surface area (Å²) >= 11 is 0. The summed E-state index contributed by atoms with van der Waals surface area (Å²) < 4.78 is 5.29. The number of aromatic nitrogens is 1. The van der Waals surface area contributed by atoms with Gasteiger partial charge in [-0.15, -0.1) is 0 Å². The number of likely N-dealkylation sites (N-methyl/N-ethyl adjacent to an activating group) is 1. The molecule has 0 spiro atoms. The molecule has 98 valence electrons. The van der Waals surface area contributed by atoms with E-state index in [1.807, 2.05) is 6.92 Å². The number of carbonyl (C=O) groups excluding carboxylic acids is 1. The van der Waals surface area contributed by atoms with Gasteiger partial charge in [-0.1, -0.05) is 0 Å². The lowest BCUT2D eigenvalue weighted by atomic mass is 10.1. The molecule has 0 aromatic carbocycles. The molecule has 3 N–H and O–H groups in total. The fourth-order valence-electron chi connectivity index (χ4n) is 2.03. The number of amides is 1. The minimum Gasteiger partial charge on any atom is -0.379 e. The van der Waals surface area contributed by atoms with Crippen LogP contribution in [0.4, 0.5) is 5.69 Å². The first kappa shape index (κ1) is 12.8. The first-order valence-corrected chi connectivity index (χ1v) is 5.91. The number of hydrogen-bond donors (Lipinski definition) is 2. The van der Waals surface area contributed by atoms with E-state index < -0.39 is 0 Å². The molecule has 0 saturated carbocycles. The van der Waals surface area contributed by atoms with Crippen molar-refractivity contribution in [2.45, 2.75) is 19.4 Å². The zero-order chi connectivity index (χ0) is 13.1. The lowest BCUT2D eigenvalue weighted by molar-refractivity contribution is 0.0712. The molecule has 1 aliphatic heterocycles. The maximum Gasteiger partial charge on any atom is 0.257 e. The van der Waals surface area contributed by atoms with Gasteiger partial charge in [-0.2, -0.15) is 0 Å². The van der Waals surface area contributed by atoms with Crippen molar-refractivity contribution in [1.82, 2.24) is 9.88 Å². The van der Waals surface area contributed by atoms with Crippen LogP contribution < -0.4 is 11.3 Å². The maximum atomic E-state index is 12.4. The minimum atomic E-state index is -0.0917. The number of carbonyl (C=O) groups is 1. The van der Waals surface area contributed by atoms with Gasteiger partial charge in [0, 0.05) is 25.5 Å². The van der Waals surface area contributed by atoms with E-state index in [0.29, 0.717) is 24.5 Å². The molecule has 2 rings (SSSR count). The second-order valence-corrected chi connectivity index (χ2v) is 4.45. The summed E-state index contributed by atoms with van der Waals surface area (Å²) in [6, 6.07) is 1.89. The Hall–Kier alpha value is -1.66. The third-order valence-electron chi connectivity index (χ3n) is 3.20. The van der Waals surface area contributed by atoms with Gasteiger partial charge in [0.05, 0.1) is 23.9 Å². The van der Waals surface area contributed by atoms with Gasteiger partial charge < -0.3 is 15.1 Å². The molecular formula is C12H18N4O2. The highest BCUT2D eigenvalue weighted by Gasteiger charge is 2.26. The van der Waals surface area contributed by atoms with Crippen LogP contribution in [0.5, 0.6) is 0 Å². The molecule has 0 bridgehead atoms. The fraction of sp³-hybridized carbons (Fsp3) is 0.500. The van der Waals surface area contributed by atoms with E-state index in [2.05, 4.69) is 10.4 Å². The van der Waals surface area contributed by atoms with Crippen LogP contribution in [0.3, 0.4) is 0 Å². The Morgan fingerprint density at radius 3 is 3.06 bits per heavy atom. The van der Waals surface area contributed by atoms with Crippen LogP contribution in [-0.4, -0.2) is 42.1 Å². The lowest BCUT2D eigenvalue weighted by Crippen LogP contribution is -2.37. The van der Waals surface area contributed by atoms with Gasteiger partial charge in [-0.3, -0.25) is 15.6 Å². The Labute approximate surface area is 106 Å². The van der Waals surface area contributed by atoms with Gasteiger partial charge >= 0.3 is 0 Å². The molecule has 18 heavy (non-hydrogen) atoms. The molecule has 1 amide bonds. The molecule has 1 aromatic rings. The van der Waals surface area contributed by atoms with Crippen molar-refractivity contribution in [1.29, 1.82) is 0 Å². The second kappa shape index (κ2) is 5.32. The number of nitrogens with zero attached hydrogens (tertiary/aromatic N) is 2. The highest BCUT2D eigenvalue weighted by Crippen LogP contribution is 2.19. The summed E-state index contributed by atoms with van der Waals surface area (Å²) in [7, 11) is 1.78. The molecule has 6 nitrogen and oxygen atoms in total. The van der Waals surface area contributed by atoms with E-state index in [9.17, 15) is 4.79 Å². The number of nitrogen functional groups attached to an aromatic ring is 1. The van der Waals surface area contributed by atoms with E-state index in [4.69, 9.17) is 10.6 Å². The van der Waals surface area contributed by atoms with Gasteiger partial charge in [0.1, 0.15) is 0 Å². The van der Waals surface area contributed by atoms with Crippen molar-refractivity contribution in [3.05, 3.63) is 23.5 Å². The second-order valence-electron chi connectivity index (χ2n) is 4.45. The standard InChI is InChI=1S/C12H18N4O2/c1-8-5-11(15-13)10(6-14-8)12(17)16(2)9-3-4-18-7-9/h5-6,9H,3-4,7,13H2,1-2H3,(H,14,15). The summed E-state index contributed by atoms with van der Waals surface area (Å²) in [5.74, 6) is 5.35. The third-order valence-corrected chi connectivity index (χ3v) is 3.20. The Morgan fingerprint density at radius 1 is 1.67 bits per heavy atom. The summed E-state index contributed by atoms with van der Waals surface area (Å²) in [5, 5.41) is 0. The van der Waals surface area contributed by atoms with E-state index in [-0.39, 0.29) is 11.9 Å². The van der Waals surface area contributed by atoms with Crippen LogP contribution in [0.25, 0.3) is 0 Å². The SMILES string of the molecule is Cc1cc(NN)c(C(=O)N(C)C2CCOC2)cn1. The molecule has 0 aliphatic carbocycles. The average Bonchev–Trinajstić information content (AvgIpc) is 2.90. The smallest absolute Gasteiger partial charge is 0.257 e. The molecule has 1 unspecified atom stereocenters. The van der Waals surface area contributed by atoms with Crippen molar-refractivity contribution in [2.24, 2.45) is 5.84 Å². The van der Waals surface area contributed by atoms with Gasteiger partial charge in [-0.05, 0) is 19.4 Å². The monoisotopic (exact) mass is 250 g/mol. The van der Waals surface area contributed by atoms with Crippen molar-refractivity contribution < 1.29 is 9.53 Å². The number of hydrazine groups is 1. The topological polar surface area (TPSA) is 80.5 Å². The number of hydrogen-bond acceptors (Lipinski definition) is 5. The molecule has 1 aromatic heterocycles. The summed E-state index contributed by atoms with van der Waals surface area (Å²) in [4.78, 5) is 18.2. The normalized spacial score (nSPS) is 18.7. The van der Waals surface area contributed by atoms with Crippen molar-refractivity contribution in [3.63, 3.8) is 0 Å². The van der Waals surface area contributed by atoms with Gasteiger partial charge in [-0.25, -0.2) is 0 Å². The average molecular weight is 250 g/mol. The number of nitrogens with two attached hydrogens (primary N) is 1. The van der Waals surface area contributed by atoms with Crippen molar-refractivity contribution in [3.8, 4) is 0 Å². The Bertz CT molecular complexity index is 444. The van der Waals surface area contributed by atoms with E-state index in [0.717, 1.165) is 12.1 Å². The summed E-state index contributed by atoms with van der Waals surface area (Å²) in [5.41, 5.74) is 4.43. The van der Waals surface area contributed by atoms with E-state index >= 15 is 0 Å². The van der Waals surface area contributed by atoms with Crippen LogP contribution in [0.15, 0.2) is 12.3 Å². The quantitative estimate of drug-likeness (QED) is 0.604. The van der Waals surface area contributed by atoms with Crippen molar-refractivity contribution >= 4 is 11.6 Å². The predicted molar refractivity (Wildman–Crippen MR) is 68.1 cm³/mol. The fourth-order valence-corrected chi connectivity index (χ4v) is 2.03. The first-order chi connectivity index (χ1) is 8.63. The number of aryl methyl sites for hydroxylation is 1.